The summed E-state index contributed by atoms with van der Waals surface area (Å²) in [6.07, 6.45) is 0.693. The number of benzene rings is 2. The molecule has 0 aromatic heterocycles. The summed E-state index contributed by atoms with van der Waals surface area (Å²) in [7, 11) is 1.40. The number of nitrogens with one attached hydrogen (secondary N) is 1. The number of methoxy groups -OCH3 is 1. The van der Waals surface area contributed by atoms with Crippen molar-refractivity contribution in [1.82, 2.24) is 5.32 Å². The average Bonchev–Trinajstić information content (AvgIpc) is 3.43. The van der Waals surface area contributed by atoms with Gasteiger partial charge in [0.15, 0.2) is 0 Å². The van der Waals surface area contributed by atoms with Crippen molar-refractivity contribution in [3.05, 3.63) is 65.5 Å². The Bertz CT molecular complexity index is 774. The van der Waals surface area contributed by atoms with Gasteiger partial charge in [0.1, 0.15) is 11.6 Å². The molecule has 2 aromatic rings. The molecule has 1 saturated carbocycles. The quantitative estimate of drug-likeness (QED) is 0.819. The van der Waals surface area contributed by atoms with Crippen molar-refractivity contribution in [3.8, 4) is 5.75 Å². The van der Waals surface area contributed by atoms with E-state index in [1.807, 2.05) is 0 Å². The third-order valence-corrected chi connectivity index (χ3v) is 3.89. The number of hydrogen-bond donors (Lipinski definition) is 1. The summed E-state index contributed by atoms with van der Waals surface area (Å²) in [4.78, 5) is 24.8. The van der Waals surface area contributed by atoms with Gasteiger partial charge in [0.05, 0.1) is 12.7 Å². The van der Waals surface area contributed by atoms with Crippen LogP contribution in [-0.2, 0) is 9.53 Å². The number of rotatable bonds is 6. The van der Waals surface area contributed by atoms with Gasteiger partial charge in [-0.15, -0.1) is 0 Å². The zero-order valence-electron chi connectivity index (χ0n) is 13.7. The van der Waals surface area contributed by atoms with Gasteiger partial charge in [-0.05, 0) is 25.0 Å². The molecule has 1 fully saturated rings. The van der Waals surface area contributed by atoms with E-state index in [0.29, 0.717) is 11.3 Å². The summed E-state index contributed by atoms with van der Waals surface area (Å²) >= 11 is 0. The van der Waals surface area contributed by atoms with E-state index in [4.69, 9.17) is 9.47 Å². The number of carbonyl (C=O) groups is 2. The van der Waals surface area contributed by atoms with Gasteiger partial charge in [-0.1, -0.05) is 30.3 Å². The van der Waals surface area contributed by atoms with Crippen molar-refractivity contribution in [2.75, 3.05) is 7.11 Å². The minimum absolute atomic E-state index is 0.120. The maximum absolute atomic E-state index is 14.1. The van der Waals surface area contributed by atoms with Crippen molar-refractivity contribution in [3.63, 3.8) is 0 Å². The lowest BCUT2D eigenvalue weighted by Crippen LogP contribution is -2.33. The molecule has 0 bridgehead atoms. The third kappa shape index (κ3) is 4.15. The fourth-order valence-corrected chi connectivity index (χ4v) is 2.36. The van der Waals surface area contributed by atoms with Crippen LogP contribution in [0.2, 0.25) is 0 Å². The molecule has 25 heavy (non-hydrogen) atoms. The molecule has 2 aromatic carbocycles. The molecule has 1 N–H and O–H groups in total. The topological polar surface area (TPSA) is 64.6 Å². The van der Waals surface area contributed by atoms with Crippen molar-refractivity contribution in [1.29, 1.82) is 0 Å². The SMILES string of the molecule is COc1ccc(C(=O)O[C@H](C(=O)NC2CC2)c2ccccc2)c(F)c1. The monoisotopic (exact) mass is 343 g/mol. The molecule has 1 aliphatic carbocycles. The van der Waals surface area contributed by atoms with Crippen molar-refractivity contribution in [2.45, 2.75) is 25.0 Å². The molecule has 0 radical (unpaired) electrons. The third-order valence-electron chi connectivity index (χ3n) is 3.89. The van der Waals surface area contributed by atoms with Crippen LogP contribution in [0.3, 0.4) is 0 Å². The van der Waals surface area contributed by atoms with Gasteiger partial charge >= 0.3 is 5.97 Å². The molecule has 1 aliphatic rings. The molecule has 0 heterocycles. The summed E-state index contributed by atoms with van der Waals surface area (Å²) in [5, 5.41) is 2.81. The van der Waals surface area contributed by atoms with Crippen LogP contribution in [0.5, 0.6) is 5.75 Å². The lowest BCUT2D eigenvalue weighted by molar-refractivity contribution is -0.130. The van der Waals surface area contributed by atoms with E-state index < -0.39 is 23.8 Å². The lowest BCUT2D eigenvalue weighted by Gasteiger charge is -2.18. The van der Waals surface area contributed by atoms with Crippen LogP contribution in [0, 0.1) is 5.82 Å². The highest BCUT2D eigenvalue weighted by molar-refractivity contribution is 5.93. The van der Waals surface area contributed by atoms with Crippen LogP contribution >= 0.6 is 0 Å². The molecule has 130 valence electrons. The maximum atomic E-state index is 14.1. The molecule has 0 aliphatic heterocycles. The summed E-state index contributed by atoms with van der Waals surface area (Å²) in [6.45, 7) is 0. The van der Waals surface area contributed by atoms with Gasteiger partial charge in [-0.25, -0.2) is 9.18 Å². The first-order valence-corrected chi connectivity index (χ1v) is 7.98. The molecule has 1 amide bonds. The largest absolute Gasteiger partial charge is 0.497 e. The highest BCUT2D eigenvalue weighted by atomic mass is 19.1. The van der Waals surface area contributed by atoms with Crippen LogP contribution in [-0.4, -0.2) is 25.0 Å². The van der Waals surface area contributed by atoms with Gasteiger partial charge in [0.2, 0.25) is 6.10 Å². The molecule has 3 rings (SSSR count). The number of ether oxygens (including phenoxy) is 2. The summed E-state index contributed by atoms with van der Waals surface area (Å²) in [5.74, 6) is -1.78. The predicted molar refractivity (Wildman–Crippen MR) is 88.7 cm³/mol. The Kier molecular flexibility index (Phi) is 4.97. The average molecular weight is 343 g/mol. The first-order chi connectivity index (χ1) is 12.1. The Balaban J connectivity index is 1.81. The molecular formula is C19H18FNO4. The Labute approximate surface area is 144 Å². The zero-order chi connectivity index (χ0) is 17.8. The van der Waals surface area contributed by atoms with Crippen LogP contribution in [0.25, 0.3) is 0 Å². The second-order valence-corrected chi connectivity index (χ2v) is 5.82. The highest BCUT2D eigenvalue weighted by Gasteiger charge is 2.31. The van der Waals surface area contributed by atoms with E-state index in [1.54, 1.807) is 30.3 Å². The Hall–Kier alpha value is -2.89. The van der Waals surface area contributed by atoms with Crippen molar-refractivity contribution >= 4 is 11.9 Å². The smallest absolute Gasteiger partial charge is 0.342 e. The van der Waals surface area contributed by atoms with Crippen LogP contribution in [0.4, 0.5) is 4.39 Å². The normalized spacial score (nSPS) is 14.5. The van der Waals surface area contributed by atoms with E-state index in [2.05, 4.69) is 5.32 Å². The van der Waals surface area contributed by atoms with Gasteiger partial charge in [0, 0.05) is 17.7 Å². The van der Waals surface area contributed by atoms with Crippen molar-refractivity contribution in [2.24, 2.45) is 0 Å². The van der Waals surface area contributed by atoms with E-state index in [-0.39, 0.29) is 11.6 Å². The molecule has 0 unspecified atom stereocenters. The van der Waals surface area contributed by atoms with E-state index in [1.165, 1.54) is 19.2 Å². The number of hydrogen-bond acceptors (Lipinski definition) is 4. The Morgan fingerprint density at radius 2 is 1.88 bits per heavy atom. The molecule has 6 heteroatoms. The second kappa shape index (κ2) is 7.34. The van der Waals surface area contributed by atoms with E-state index in [0.717, 1.165) is 18.9 Å². The molecule has 0 spiro atoms. The standard InChI is InChI=1S/C19H18FNO4/c1-24-14-9-10-15(16(20)11-14)19(23)25-17(12-5-3-2-4-6-12)18(22)21-13-7-8-13/h2-6,9-11,13,17H,7-8H2,1H3,(H,21,22)/t17-/m0/s1. The molecule has 5 nitrogen and oxygen atoms in total. The molecule has 0 saturated heterocycles. The number of esters is 1. The number of amides is 1. The lowest BCUT2D eigenvalue weighted by atomic mass is 10.1. The fraction of sp³-hybridized carbons (Fsp3) is 0.263. The summed E-state index contributed by atoms with van der Waals surface area (Å²) in [5.41, 5.74) is 0.281. The van der Waals surface area contributed by atoms with E-state index in [9.17, 15) is 14.0 Å². The first-order valence-electron chi connectivity index (χ1n) is 7.98. The fourth-order valence-electron chi connectivity index (χ4n) is 2.36. The van der Waals surface area contributed by atoms with Gasteiger partial charge < -0.3 is 14.8 Å². The number of halogens is 1. The Morgan fingerprint density at radius 3 is 2.48 bits per heavy atom. The van der Waals surface area contributed by atoms with Gasteiger partial charge in [-0.3, -0.25) is 4.79 Å². The zero-order valence-corrected chi connectivity index (χ0v) is 13.7. The molecule has 1 atom stereocenters. The second-order valence-electron chi connectivity index (χ2n) is 5.82. The predicted octanol–water partition coefficient (Wildman–Crippen LogP) is 3.01. The first kappa shape index (κ1) is 17.0. The van der Waals surface area contributed by atoms with Crippen LogP contribution < -0.4 is 10.1 Å². The Morgan fingerprint density at radius 1 is 1.16 bits per heavy atom. The minimum atomic E-state index is -1.13. The highest BCUT2D eigenvalue weighted by Crippen LogP contribution is 2.25. The van der Waals surface area contributed by atoms with E-state index >= 15 is 0 Å². The van der Waals surface area contributed by atoms with Gasteiger partial charge in [0.25, 0.3) is 5.91 Å². The molecular weight excluding hydrogens is 325 g/mol. The summed E-state index contributed by atoms with van der Waals surface area (Å²) in [6, 6.07) is 12.6. The number of carbonyl (C=O) groups excluding carboxylic acids is 2. The van der Waals surface area contributed by atoms with Gasteiger partial charge in [-0.2, -0.15) is 0 Å². The van der Waals surface area contributed by atoms with Crippen LogP contribution in [0.15, 0.2) is 48.5 Å². The minimum Gasteiger partial charge on any atom is -0.497 e. The maximum Gasteiger partial charge on any atom is 0.342 e. The van der Waals surface area contributed by atoms with Crippen LogP contribution in [0.1, 0.15) is 34.9 Å². The summed E-state index contributed by atoms with van der Waals surface area (Å²) < 4.78 is 24.3. The van der Waals surface area contributed by atoms with Crippen molar-refractivity contribution < 1.29 is 23.5 Å².